The molecule has 0 unspecified atom stereocenters. The summed E-state index contributed by atoms with van der Waals surface area (Å²) in [6.45, 7) is 5.91. The van der Waals surface area contributed by atoms with Crippen LogP contribution in [0.4, 0.5) is 0 Å². The van der Waals surface area contributed by atoms with Gasteiger partial charge in [-0.25, -0.2) is 4.98 Å². The van der Waals surface area contributed by atoms with E-state index in [1.807, 2.05) is 32.0 Å². The van der Waals surface area contributed by atoms with Crippen LogP contribution >= 0.6 is 22.9 Å². The molecule has 1 aromatic carbocycles. The summed E-state index contributed by atoms with van der Waals surface area (Å²) < 4.78 is 1.52. The van der Waals surface area contributed by atoms with E-state index in [4.69, 9.17) is 17.3 Å². The number of halogens is 1. The highest BCUT2D eigenvalue weighted by Gasteiger charge is 2.19. The number of amides is 1. The number of hydrogen-bond acceptors (Lipinski definition) is 4. The maximum Gasteiger partial charge on any atom is 0.262 e. The Morgan fingerprint density at radius 3 is 2.68 bits per heavy atom. The van der Waals surface area contributed by atoms with Crippen LogP contribution in [0.1, 0.15) is 22.7 Å². The van der Waals surface area contributed by atoms with Crippen molar-refractivity contribution < 1.29 is 4.79 Å². The first-order chi connectivity index (χ1) is 11.8. The Bertz CT molecular complexity index is 1050. The first-order valence-corrected chi connectivity index (χ1v) is 9.04. The average molecular weight is 376 g/mol. The summed E-state index contributed by atoms with van der Waals surface area (Å²) >= 11 is 7.62. The molecule has 2 N–H and O–H groups in total. The monoisotopic (exact) mass is 375 g/mol. The zero-order valence-corrected chi connectivity index (χ0v) is 15.8. The minimum Gasteiger partial charge on any atom is -0.370 e. The van der Waals surface area contributed by atoms with Crippen LogP contribution in [-0.2, 0) is 11.3 Å². The van der Waals surface area contributed by atoms with Gasteiger partial charge in [0.2, 0.25) is 5.91 Å². The summed E-state index contributed by atoms with van der Waals surface area (Å²) in [5.74, 6) is 0.139. The topological polar surface area (TPSA) is 78.0 Å². The Morgan fingerprint density at radius 2 is 2.04 bits per heavy atom. The second-order valence-electron chi connectivity index (χ2n) is 6.01. The number of primary amides is 1. The molecule has 0 bridgehead atoms. The largest absolute Gasteiger partial charge is 0.370 e. The van der Waals surface area contributed by atoms with Crippen LogP contribution in [0.25, 0.3) is 21.3 Å². The van der Waals surface area contributed by atoms with E-state index in [1.54, 1.807) is 6.92 Å². The molecule has 0 spiro atoms. The van der Waals surface area contributed by atoms with Gasteiger partial charge in [0.05, 0.1) is 5.39 Å². The van der Waals surface area contributed by atoms with Crippen molar-refractivity contribution in [3.8, 4) is 11.1 Å². The molecule has 0 atom stereocenters. The molecule has 3 aromatic rings. The van der Waals surface area contributed by atoms with Gasteiger partial charge in [0, 0.05) is 28.4 Å². The number of thiophene rings is 1. The fraction of sp³-hybridized carbons (Fsp3) is 0.278. The van der Waals surface area contributed by atoms with Gasteiger partial charge in [0.1, 0.15) is 10.7 Å². The van der Waals surface area contributed by atoms with Crippen LogP contribution in [0.5, 0.6) is 0 Å². The molecule has 0 fully saturated rings. The Balaban J connectivity index is 2.27. The number of aryl methyl sites for hydroxylation is 3. The van der Waals surface area contributed by atoms with Crippen LogP contribution in [-0.4, -0.2) is 15.5 Å². The van der Waals surface area contributed by atoms with E-state index in [1.165, 1.54) is 15.9 Å². The molecule has 130 valence electrons. The van der Waals surface area contributed by atoms with Crippen molar-refractivity contribution in [2.24, 2.45) is 5.73 Å². The number of hydrogen-bond donors (Lipinski definition) is 1. The van der Waals surface area contributed by atoms with Gasteiger partial charge in [-0.2, -0.15) is 0 Å². The number of rotatable bonds is 4. The number of nitrogens with zero attached hydrogens (tertiary/aromatic N) is 2. The molecular weight excluding hydrogens is 358 g/mol. The van der Waals surface area contributed by atoms with Gasteiger partial charge < -0.3 is 5.73 Å². The maximum atomic E-state index is 13.1. The zero-order chi connectivity index (χ0) is 18.3. The van der Waals surface area contributed by atoms with Crippen LogP contribution < -0.4 is 11.3 Å². The van der Waals surface area contributed by atoms with E-state index in [0.717, 1.165) is 21.6 Å². The van der Waals surface area contributed by atoms with Gasteiger partial charge in [-0.05, 0) is 44.0 Å². The van der Waals surface area contributed by atoms with Crippen LogP contribution in [0, 0.1) is 20.8 Å². The normalized spacial score (nSPS) is 11.2. The Morgan fingerprint density at radius 1 is 1.32 bits per heavy atom. The SMILES string of the molecule is Cc1cc(-c2c(C)sc3nc(C)n(CCC(N)=O)c(=O)c23)ccc1Cl. The van der Waals surface area contributed by atoms with E-state index in [0.29, 0.717) is 21.1 Å². The van der Waals surface area contributed by atoms with Gasteiger partial charge in [-0.15, -0.1) is 11.3 Å². The molecule has 0 aliphatic carbocycles. The fourth-order valence-electron chi connectivity index (χ4n) is 2.93. The number of carbonyl (C=O) groups is 1. The number of carbonyl (C=O) groups excluding carboxylic acids is 1. The molecule has 25 heavy (non-hydrogen) atoms. The van der Waals surface area contributed by atoms with Crippen molar-refractivity contribution in [1.82, 2.24) is 9.55 Å². The molecular formula is C18H18ClN3O2S. The van der Waals surface area contributed by atoms with Crippen molar-refractivity contribution in [2.75, 3.05) is 0 Å². The molecule has 0 radical (unpaired) electrons. The summed E-state index contributed by atoms with van der Waals surface area (Å²) in [5, 5.41) is 1.27. The van der Waals surface area contributed by atoms with Gasteiger partial charge in [-0.1, -0.05) is 17.7 Å². The molecule has 0 saturated carbocycles. The summed E-state index contributed by atoms with van der Waals surface area (Å²) in [4.78, 5) is 30.5. The van der Waals surface area contributed by atoms with Gasteiger partial charge in [-0.3, -0.25) is 14.2 Å². The maximum absolute atomic E-state index is 13.1. The molecule has 5 nitrogen and oxygen atoms in total. The lowest BCUT2D eigenvalue weighted by Gasteiger charge is -2.09. The highest BCUT2D eigenvalue weighted by molar-refractivity contribution is 7.19. The number of aromatic nitrogens is 2. The van der Waals surface area contributed by atoms with E-state index < -0.39 is 5.91 Å². The number of fused-ring (bicyclic) bond motifs is 1. The molecule has 0 aliphatic heterocycles. The Hall–Kier alpha value is -2.18. The van der Waals surface area contributed by atoms with Crippen molar-refractivity contribution in [3.63, 3.8) is 0 Å². The van der Waals surface area contributed by atoms with Crippen molar-refractivity contribution >= 4 is 39.1 Å². The first-order valence-electron chi connectivity index (χ1n) is 7.85. The Labute approximate surface area is 154 Å². The highest BCUT2D eigenvalue weighted by atomic mass is 35.5. The number of benzene rings is 1. The van der Waals surface area contributed by atoms with Crippen LogP contribution in [0.2, 0.25) is 5.02 Å². The van der Waals surface area contributed by atoms with Gasteiger partial charge >= 0.3 is 0 Å². The molecule has 0 aliphatic rings. The summed E-state index contributed by atoms with van der Waals surface area (Å²) in [6.07, 6.45) is 0.104. The molecule has 2 heterocycles. The average Bonchev–Trinajstić information content (AvgIpc) is 2.85. The summed E-state index contributed by atoms with van der Waals surface area (Å²) in [6, 6.07) is 5.73. The standard InChI is InChI=1S/C18H18ClN3O2S/c1-9-8-12(4-5-13(9)19)15-10(2)25-17-16(15)18(24)22(11(3)21-17)7-6-14(20)23/h4-5,8H,6-7H2,1-3H3,(H2,20,23). The zero-order valence-electron chi connectivity index (χ0n) is 14.2. The minimum atomic E-state index is -0.443. The third-order valence-electron chi connectivity index (χ3n) is 4.21. The summed E-state index contributed by atoms with van der Waals surface area (Å²) in [7, 11) is 0. The third kappa shape index (κ3) is 3.19. The molecule has 7 heteroatoms. The lowest BCUT2D eigenvalue weighted by atomic mass is 10.0. The Kier molecular flexibility index (Phi) is 4.67. The molecule has 2 aromatic heterocycles. The quantitative estimate of drug-likeness (QED) is 0.757. The lowest BCUT2D eigenvalue weighted by Crippen LogP contribution is -2.26. The van der Waals surface area contributed by atoms with Crippen LogP contribution in [0.15, 0.2) is 23.0 Å². The van der Waals surface area contributed by atoms with Crippen LogP contribution in [0.3, 0.4) is 0 Å². The molecule has 0 saturated heterocycles. The third-order valence-corrected chi connectivity index (χ3v) is 5.63. The second kappa shape index (κ2) is 6.61. The second-order valence-corrected chi connectivity index (χ2v) is 7.62. The molecule has 1 amide bonds. The smallest absolute Gasteiger partial charge is 0.262 e. The minimum absolute atomic E-state index is 0.104. The summed E-state index contributed by atoms with van der Waals surface area (Å²) in [5.41, 5.74) is 7.85. The lowest BCUT2D eigenvalue weighted by molar-refractivity contribution is -0.118. The first kappa shape index (κ1) is 17.6. The molecule has 3 rings (SSSR count). The predicted octanol–water partition coefficient (Wildman–Crippen LogP) is 3.58. The van der Waals surface area contributed by atoms with E-state index in [-0.39, 0.29) is 18.5 Å². The number of nitrogens with two attached hydrogens (primary N) is 1. The predicted molar refractivity (Wildman–Crippen MR) is 102 cm³/mol. The van der Waals surface area contributed by atoms with E-state index in [9.17, 15) is 9.59 Å². The van der Waals surface area contributed by atoms with Crippen molar-refractivity contribution in [3.05, 3.63) is 49.8 Å². The van der Waals surface area contributed by atoms with Gasteiger partial charge in [0.25, 0.3) is 5.56 Å². The fourth-order valence-corrected chi connectivity index (χ4v) is 4.13. The van der Waals surface area contributed by atoms with Gasteiger partial charge in [0.15, 0.2) is 0 Å². The highest BCUT2D eigenvalue weighted by Crippen LogP contribution is 2.36. The van der Waals surface area contributed by atoms with E-state index >= 15 is 0 Å². The van der Waals surface area contributed by atoms with Crippen molar-refractivity contribution in [1.29, 1.82) is 0 Å². The van der Waals surface area contributed by atoms with E-state index in [2.05, 4.69) is 4.98 Å². The van der Waals surface area contributed by atoms with Crippen molar-refractivity contribution in [2.45, 2.75) is 33.7 Å².